The third kappa shape index (κ3) is 5.51. The van der Waals surface area contributed by atoms with Gasteiger partial charge in [-0.1, -0.05) is 166 Å². The first kappa shape index (κ1) is 33.6. The molecule has 0 atom stereocenters. The van der Waals surface area contributed by atoms with Crippen molar-refractivity contribution in [3.8, 4) is 44.5 Å². The molecule has 270 valence electrons. The summed E-state index contributed by atoms with van der Waals surface area (Å²) in [6.45, 7) is 4.72. The Balaban J connectivity index is 1.04. The van der Waals surface area contributed by atoms with Crippen LogP contribution in [0, 0.1) is 0 Å². The van der Waals surface area contributed by atoms with Gasteiger partial charge in [-0.3, -0.25) is 0 Å². The molecule has 11 rings (SSSR count). The van der Waals surface area contributed by atoms with Gasteiger partial charge in [0.15, 0.2) is 0 Å². The second-order valence-corrected chi connectivity index (χ2v) is 16.8. The molecule has 1 aliphatic carbocycles. The van der Waals surface area contributed by atoms with E-state index < -0.39 is 0 Å². The summed E-state index contributed by atoms with van der Waals surface area (Å²) < 4.78 is 2.66. The Morgan fingerprint density at radius 3 is 1.86 bits per heavy atom. The lowest BCUT2D eigenvalue weighted by Gasteiger charge is -2.28. The van der Waals surface area contributed by atoms with Gasteiger partial charge in [0.05, 0.1) is 0 Å². The minimum Gasteiger partial charge on any atom is -0.310 e. The predicted octanol–water partition coefficient (Wildman–Crippen LogP) is 16.0. The molecule has 0 unspecified atom stereocenters. The number of fused-ring (bicyclic) bond motifs is 7. The van der Waals surface area contributed by atoms with E-state index in [9.17, 15) is 0 Å². The van der Waals surface area contributed by atoms with E-state index in [4.69, 9.17) is 0 Å². The van der Waals surface area contributed by atoms with Gasteiger partial charge in [-0.25, -0.2) is 0 Å². The molecule has 10 aromatic rings. The van der Waals surface area contributed by atoms with E-state index in [1.165, 1.54) is 86.6 Å². The molecule has 0 amide bonds. The Hall–Kier alpha value is -6.74. The third-order valence-electron chi connectivity index (χ3n) is 12.1. The van der Waals surface area contributed by atoms with Gasteiger partial charge in [0.25, 0.3) is 0 Å². The molecule has 2 heteroatoms. The van der Waals surface area contributed by atoms with Gasteiger partial charge >= 0.3 is 0 Å². The Kier molecular flexibility index (Phi) is 7.77. The molecule has 0 saturated carbocycles. The summed E-state index contributed by atoms with van der Waals surface area (Å²) in [5.74, 6) is 0. The van der Waals surface area contributed by atoms with Crippen LogP contribution in [-0.4, -0.2) is 0 Å². The van der Waals surface area contributed by atoms with Crippen molar-refractivity contribution in [2.45, 2.75) is 19.3 Å². The van der Waals surface area contributed by atoms with Crippen LogP contribution in [-0.2, 0) is 5.41 Å². The average molecular weight is 746 g/mol. The third-order valence-corrected chi connectivity index (χ3v) is 13.3. The molecule has 1 aromatic heterocycles. The zero-order valence-corrected chi connectivity index (χ0v) is 32.7. The van der Waals surface area contributed by atoms with E-state index in [0.29, 0.717) is 0 Å². The highest BCUT2D eigenvalue weighted by Crippen LogP contribution is 2.51. The first-order valence-corrected chi connectivity index (χ1v) is 20.6. The predicted molar refractivity (Wildman–Crippen MR) is 245 cm³/mol. The van der Waals surface area contributed by atoms with Crippen molar-refractivity contribution in [2.24, 2.45) is 0 Å². The van der Waals surface area contributed by atoms with E-state index >= 15 is 0 Å². The fourth-order valence-electron chi connectivity index (χ4n) is 9.21. The van der Waals surface area contributed by atoms with Gasteiger partial charge in [-0.2, -0.15) is 0 Å². The van der Waals surface area contributed by atoms with E-state index in [-0.39, 0.29) is 5.41 Å². The summed E-state index contributed by atoms with van der Waals surface area (Å²) in [7, 11) is 0. The van der Waals surface area contributed by atoms with E-state index in [1.807, 2.05) is 11.3 Å². The molecular weight excluding hydrogens is 707 g/mol. The van der Waals surface area contributed by atoms with Crippen LogP contribution in [0.1, 0.15) is 25.0 Å². The summed E-state index contributed by atoms with van der Waals surface area (Å²) >= 11 is 1.88. The fourth-order valence-corrected chi connectivity index (χ4v) is 10.4. The number of thiophene rings is 1. The normalized spacial score (nSPS) is 12.9. The highest BCUT2D eigenvalue weighted by Gasteiger charge is 2.35. The van der Waals surface area contributed by atoms with Gasteiger partial charge < -0.3 is 4.90 Å². The SMILES string of the molecule is CC1(C)c2ccccc2-c2ccc(N(c3ccc(-c4cccc5c4sc4ccccc45)cc3)c3cccc(-c4cccc(-c5cccc6ccccc56)c4)c3)cc21. The standard InChI is InChI=1S/C55H39NS/c1-55(2)51-25-7-5-20-47(51)48-32-31-43(35-52(48)55)56(41-29-27-37(28-30-41)46-23-12-24-50-49-21-6-8-26-53(49)57-54(46)50)42-18-10-16-39(34-42)38-15-9-17-40(33-38)45-22-11-14-36-13-3-4-19-44(36)45/h3-35H,1-2H3. The molecule has 0 aliphatic heterocycles. The van der Waals surface area contributed by atoms with Gasteiger partial charge in [0, 0.05) is 42.6 Å². The topological polar surface area (TPSA) is 3.24 Å². The van der Waals surface area contributed by atoms with Crippen LogP contribution < -0.4 is 4.90 Å². The van der Waals surface area contributed by atoms with Crippen LogP contribution in [0.3, 0.4) is 0 Å². The van der Waals surface area contributed by atoms with Gasteiger partial charge in [-0.05, 0) is 115 Å². The molecule has 1 heterocycles. The lowest BCUT2D eigenvalue weighted by atomic mass is 9.82. The lowest BCUT2D eigenvalue weighted by molar-refractivity contribution is 0.660. The number of anilines is 3. The largest absolute Gasteiger partial charge is 0.310 e. The van der Waals surface area contributed by atoms with Crippen LogP contribution >= 0.6 is 11.3 Å². The van der Waals surface area contributed by atoms with Gasteiger partial charge in [0.2, 0.25) is 0 Å². The molecule has 0 fully saturated rings. The van der Waals surface area contributed by atoms with Crippen molar-refractivity contribution in [1.82, 2.24) is 0 Å². The summed E-state index contributed by atoms with van der Waals surface area (Å²) in [6, 6.07) is 73.9. The van der Waals surface area contributed by atoms with Crippen molar-refractivity contribution >= 4 is 59.3 Å². The van der Waals surface area contributed by atoms with Crippen molar-refractivity contribution in [1.29, 1.82) is 0 Å². The van der Waals surface area contributed by atoms with Crippen LogP contribution in [0.25, 0.3) is 75.5 Å². The number of rotatable bonds is 6. The van der Waals surface area contributed by atoms with Crippen molar-refractivity contribution < 1.29 is 0 Å². The van der Waals surface area contributed by atoms with Crippen molar-refractivity contribution in [3.63, 3.8) is 0 Å². The summed E-state index contributed by atoms with van der Waals surface area (Å²) in [4.78, 5) is 2.43. The maximum absolute atomic E-state index is 2.43. The quantitative estimate of drug-likeness (QED) is 0.164. The van der Waals surface area contributed by atoms with Crippen molar-refractivity contribution in [3.05, 3.63) is 211 Å². The Labute approximate surface area is 337 Å². The van der Waals surface area contributed by atoms with Crippen molar-refractivity contribution in [2.75, 3.05) is 4.90 Å². The maximum atomic E-state index is 2.43. The average Bonchev–Trinajstić information content (AvgIpc) is 3.76. The van der Waals surface area contributed by atoms with Crippen LogP contribution in [0.2, 0.25) is 0 Å². The minimum absolute atomic E-state index is 0.107. The number of hydrogen-bond donors (Lipinski definition) is 0. The van der Waals surface area contributed by atoms with E-state index in [2.05, 4.69) is 219 Å². The smallest absolute Gasteiger partial charge is 0.0467 e. The first-order chi connectivity index (χ1) is 28.0. The highest BCUT2D eigenvalue weighted by molar-refractivity contribution is 7.26. The second-order valence-electron chi connectivity index (χ2n) is 15.7. The summed E-state index contributed by atoms with van der Waals surface area (Å²) in [5, 5.41) is 5.17. The highest BCUT2D eigenvalue weighted by atomic mass is 32.1. The lowest BCUT2D eigenvalue weighted by Crippen LogP contribution is -2.16. The first-order valence-electron chi connectivity index (χ1n) is 19.8. The summed E-state index contributed by atoms with van der Waals surface area (Å²) in [5.41, 5.74) is 16.0. The monoisotopic (exact) mass is 745 g/mol. The van der Waals surface area contributed by atoms with Gasteiger partial charge in [-0.15, -0.1) is 11.3 Å². The van der Waals surface area contributed by atoms with Gasteiger partial charge in [0.1, 0.15) is 0 Å². The molecule has 0 bridgehead atoms. The molecule has 1 nitrogen and oxygen atoms in total. The van der Waals surface area contributed by atoms with E-state index in [0.717, 1.165) is 17.1 Å². The molecule has 1 aliphatic rings. The number of benzene rings is 9. The number of hydrogen-bond acceptors (Lipinski definition) is 2. The number of nitrogens with zero attached hydrogens (tertiary/aromatic N) is 1. The van der Waals surface area contributed by atoms with E-state index in [1.54, 1.807) is 0 Å². The van der Waals surface area contributed by atoms with Crippen LogP contribution in [0.5, 0.6) is 0 Å². The molecule has 57 heavy (non-hydrogen) atoms. The Bertz CT molecular complexity index is 3160. The van der Waals surface area contributed by atoms with Crippen LogP contribution in [0.4, 0.5) is 17.1 Å². The molecule has 0 N–H and O–H groups in total. The zero-order valence-electron chi connectivity index (χ0n) is 31.9. The molecule has 0 spiro atoms. The Morgan fingerprint density at radius 2 is 0.965 bits per heavy atom. The zero-order chi connectivity index (χ0) is 38.1. The molecular formula is C55H39NS. The molecule has 0 radical (unpaired) electrons. The molecule has 9 aromatic carbocycles. The second kappa shape index (κ2) is 13.2. The fraction of sp³-hybridized carbons (Fsp3) is 0.0545. The Morgan fingerprint density at radius 1 is 0.368 bits per heavy atom. The maximum Gasteiger partial charge on any atom is 0.0467 e. The van der Waals surface area contributed by atoms with Crippen LogP contribution in [0.15, 0.2) is 200 Å². The minimum atomic E-state index is -0.107. The summed E-state index contributed by atoms with van der Waals surface area (Å²) in [6.07, 6.45) is 0. The molecule has 0 saturated heterocycles.